The number of nitrogens with two attached hydrogens (primary N) is 1. The molecule has 1 amide bonds. The Morgan fingerprint density at radius 2 is 1.81 bits per heavy atom. The molecule has 130 valence electrons. The molecule has 0 fully saturated rings. The second-order valence-electron chi connectivity index (χ2n) is 6.81. The number of fused-ring (bicyclic) bond motifs is 2. The minimum Gasteiger partial charge on any atom is -0.365 e. The van der Waals surface area contributed by atoms with Gasteiger partial charge in [0.15, 0.2) is 0 Å². The summed E-state index contributed by atoms with van der Waals surface area (Å²) in [5, 5.41) is 2.47. The molecule has 0 aliphatic heterocycles. The fraction of sp³-hybridized carbons (Fsp3) is 0.182. The molecule has 0 spiro atoms. The third kappa shape index (κ3) is 2.84. The van der Waals surface area contributed by atoms with E-state index < -0.39 is 5.91 Å². The summed E-state index contributed by atoms with van der Waals surface area (Å²) in [7, 11) is 0. The second kappa shape index (κ2) is 6.30. The molecular formula is C22H21N3O. The van der Waals surface area contributed by atoms with E-state index in [-0.39, 0.29) is 0 Å². The van der Waals surface area contributed by atoms with Gasteiger partial charge in [0.25, 0.3) is 5.91 Å². The Balaban J connectivity index is 1.71. The number of primary amides is 1. The Kier molecular flexibility index (Phi) is 3.96. The highest BCUT2D eigenvalue weighted by Gasteiger charge is 2.18. The van der Waals surface area contributed by atoms with Gasteiger partial charge in [0.05, 0.1) is 5.56 Å². The van der Waals surface area contributed by atoms with Gasteiger partial charge in [-0.05, 0) is 54.7 Å². The number of rotatable bonds is 4. The maximum atomic E-state index is 12.1. The summed E-state index contributed by atoms with van der Waals surface area (Å²) < 4.78 is 1.96. The number of aryl methyl sites for hydroxylation is 4. The van der Waals surface area contributed by atoms with E-state index in [2.05, 4.69) is 41.4 Å². The molecule has 0 aliphatic rings. The van der Waals surface area contributed by atoms with Crippen molar-refractivity contribution in [2.45, 2.75) is 26.7 Å². The molecule has 0 radical (unpaired) electrons. The monoisotopic (exact) mass is 343 g/mol. The smallest absolute Gasteiger partial charge is 0.252 e. The minimum absolute atomic E-state index is 0.418. The lowest BCUT2D eigenvalue weighted by Crippen LogP contribution is -2.14. The van der Waals surface area contributed by atoms with E-state index >= 15 is 0 Å². The number of carbonyl (C=O) groups is 1. The van der Waals surface area contributed by atoms with E-state index in [9.17, 15) is 4.79 Å². The molecule has 2 aromatic carbocycles. The van der Waals surface area contributed by atoms with Crippen molar-refractivity contribution in [3.05, 3.63) is 82.8 Å². The highest BCUT2D eigenvalue weighted by molar-refractivity contribution is 6.00. The minimum atomic E-state index is -0.418. The molecule has 4 aromatic rings. The number of benzene rings is 2. The Labute approximate surface area is 152 Å². The van der Waals surface area contributed by atoms with Crippen LogP contribution in [0.15, 0.2) is 54.7 Å². The Hall–Kier alpha value is -3.14. The van der Waals surface area contributed by atoms with Gasteiger partial charge < -0.3 is 10.1 Å². The summed E-state index contributed by atoms with van der Waals surface area (Å²) >= 11 is 0. The highest BCUT2D eigenvalue weighted by atomic mass is 16.1. The van der Waals surface area contributed by atoms with Crippen molar-refractivity contribution >= 4 is 22.3 Å². The van der Waals surface area contributed by atoms with Crippen LogP contribution in [0.5, 0.6) is 0 Å². The zero-order valence-electron chi connectivity index (χ0n) is 15.0. The Morgan fingerprint density at radius 3 is 2.58 bits per heavy atom. The van der Waals surface area contributed by atoms with E-state index in [1.54, 1.807) is 0 Å². The molecule has 0 aliphatic carbocycles. The Bertz CT molecular complexity index is 1140. The van der Waals surface area contributed by atoms with Crippen molar-refractivity contribution in [2.75, 3.05) is 0 Å². The predicted molar refractivity (Wildman–Crippen MR) is 105 cm³/mol. The maximum Gasteiger partial charge on any atom is 0.252 e. The van der Waals surface area contributed by atoms with E-state index in [1.165, 1.54) is 16.3 Å². The third-order valence-corrected chi connectivity index (χ3v) is 4.88. The first-order valence-corrected chi connectivity index (χ1v) is 8.78. The largest absolute Gasteiger partial charge is 0.365 e. The fourth-order valence-corrected chi connectivity index (χ4v) is 3.63. The van der Waals surface area contributed by atoms with Crippen LogP contribution in [0.25, 0.3) is 16.4 Å². The van der Waals surface area contributed by atoms with Gasteiger partial charge in [-0.2, -0.15) is 0 Å². The van der Waals surface area contributed by atoms with Crippen LogP contribution in [0.3, 0.4) is 0 Å². The fourth-order valence-electron chi connectivity index (χ4n) is 3.63. The predicted octanol–water partition coefficient (Wildman–Crippen LogP) is 3.99. The first-order valence-electron chi connectivity index (χ1n) is 8.78. The van der Waals surface area contributed by atoms with Crippen LogP contribution in [-0.2, 0) is 12.8 Å². The molecule has 2 aromatic heterocycles. The van der Waals surface area contributed by atoms with Crippen molar-refractivity contribution in [3.8, 4) is 0 Å². The first-order chi connectivity index (χ1) is 12.5. The van der Waals surface area contributed by atoms with Gasteiger partial charge in [0, 0.05) is 17.6 Å². The van der Waals surface area contributed by atoms with Crippen LogP contribution in [0.1, 0.15) is 32.9 Å². The number of nitrogens with zero attached hydrogens (tertiary/aromatic N) is 2. The van der Waals surface area contributed by atoms with Crippen LogP contribution < -0.4 is 5.73 Å². The topological polar surface area (TPSA) is 60.4 Å². The number of aromatic nitrogens is 2. The van der Waals surface area contributed by atoms with Crippen molar-refractivity contribution in [2.24, 2.45) is 5.73 Å². The molecule has 0 bridgehead atoms. The van der Waals surface area contributed by atoms with Crippen molar-refractivity contribution in [1.82, 2.24) is 9.38 Å². The van der Waals surface area contributed by atoms with Crippen LogP contribution in [-0.4, -0.2) is 15.3 Å². The molecule has 0 atom stereocenters. The third-order valence-electron chi connectivity index (χ3n) is 4.88. The van der Waals surface area contributed by atoms with Gasteiger partial charge >= 0.3 is 0 Å². The number of amides is 1. The van der Waals surface area contributed by atoms with E-state index in [0.717, 1.165) is 29.8 Å². The highest BCUT2D eigenvalue weighted by Crippen LogP contribution is 2.22. The molecule has 0 saturated carbocycles. The average molecular weight is 343 g/mol. The van der Waals surface area contributed by atoms with Gasteiger partial charge in [-0.3, -0.25) is 4.79 Å². The van der Waals surface area contributed by atoms with Crippen molar-refractivity contribution < 1.29 is 4.79 Å². The van der Waals surface area contributed by atoms with Crippen LogP contribution in [0.2, 0.25) is 0 Å². The van der Waals surface area contributed by atoms with Crippen LogP contribution in [0, 0.1) is 13.8 Å². The lowest BCUT2D eigenvalue weighted by Gasteiger charge is -2.04. The molecule has 4 heteroatoms. The number of hydrogen-bond acceptors (Lipinski definition) is 2. The quantitative estimate of drug-likeness (QED) is 0.609. The van der Waals surface area contributed by atoms with Gasteiger partial charge in [0.1, 0.15) is 5.65 Å². The summed E-state index contributed by atoms with van der Waals surface area (Å²) in [5.41, 5.74) is 11.0. The van der Waals surface area contributed by atoms with Gasteiger partial charge in [0.2, 0.25) is 0 Å². The van der Waals surface area contributed by atoms with Crippen molar-refractivity contribution in [3.63, 3.8) is 0 Å². The average Bonchev–Trinajstić information content (AvgIpc) is 2.98. The van der Waals surface area contributed by atoms with Gasteiger partial charge in [-0.25, -0.2) is 4.98 Å². The van der Waals surface area contributed by atoms with Gasteiger partial charge in [-0.15, -0.1) is 0 Å². The standard InChI is InChI=1S/C22H21N3O/c1-14-11-15(2)25-13-19(20(21(23)26)22(25)24-14)10-8-16-7-9-17-5-3-4-6-18(17)12-16/h3-7,9,11-13H,8,10H2,1-2H3,(H2,23,26). The van der Waals surface area contributed by atoms with E-state index in [0.29, 0.717) is 11.2 Å². The molecule has 2 N–H and O–H groups in total. The van der Waals surface area contributed by atoms with Crippen LogP contribution >= 0.6 is 0 Å². The van der Waals surface area contributed by atoms with Crippen LogP contribution in [0.4, 0.5) is 0 Å². The molecule has 4 nitrogen and oxygen atoms in total. The lowest BCUT2D eigenvalue weighted by molar-refractivity contribution is 0.100. The molecule has 0 saturated heterocycles. The summed E-state index contributed by atoms with van der Waals surface area (Å²) in [5.74, 6) is -0.418. The molecule has 26 heavy (non-hydrogen) atoms. The molecule has 4 rings (SSSR count). The van der Waals surface area contributed by atoms with Gasteiger partial charge in [-0.1, -0.05) is 42.5 Å². The van der Waals surface area contributed by atoms with E-state index in [1.807, 2.05) is 36.6 Å². The summed E-state index contributed by atoms with van der Waals surface area (Å²) in [6.07, 6.45) is 3.59. The van der Waals surface area contributed by atoms with E-state index in [4.69, 9.17) is 5.73 Å². The maximum absolute atomic E-state index is 12.1. The normalized spacial score (nSPS) is 11.3. The summed E-state index contributed by atoms with van der Waals surface area (Å²) in [6, 6.07) is 16.8. The number of carbonyl (C=O) groups excluding carboxylic acids is 1. The molecular weight excluding hydrogens is 322 g/mol. The molecule has 2 heterocycles. The Morgan fingerprint density at radius 1 is 1.04 bits per heavy atom. The number of hydrogen-bond donors (Lipinski definition) is 1. The first kappa shape index (κ1) is 16.3. The molecule has 0 unspecified atom stereocenters. The van der Waals surface area contributed by atoms with Crippen molar-refractivity contribution in [1.29, 1.82) is 0 Å². The lowest BCUT2D eigenvalue weighted by atomic mass is 10.0. The SMILES string of the molecule is Cc1cc(C)n2cc(CCc3ccc4ccccc4c3)c(C(N)=O)c2n1. The zero-order chi connectivity index (χ0) is 18.3. The summed E-state index contributed by atoms with van der Waals surface area (Å²) in [6.45, 7) is 3.94. The second-order valence-corrected chi connectivity index (χ2v) is 6.81. The summed E-state index contributed by atoms with van der Waals surface area (Å²) in [4.78, 5) is 16.6. The zero-order valence-corrected chi connectivity index (χ0v) is 15.0.